The Morgan fingerprint density at radius 1 is 1.54 bits per heavy atom. The minimum atomic E-state index is -4.22. The highest BCUT2D eigenvalue weighted by molar-refractivity contribution is 7.52. The lowest BCUT2D eigenvalue weighted by molar-refractivity contribution is -0.114. The van der Waals surface area contributed by atoms with Crippen molar-refractivity contribution < 1.29 is 19.1 Å². The van der Waals surface area contributed by atoms with Crippen molar-refractivity contribution in [3.8, 4) is 0 Å². The van der Waals surface area contributed by atoms with Gasteiger partial charge in [0, 0.05) is 5.57 Å². The second-order valence-corrected chi connectivity index (χ2v) is 4.09. The number of allylic oxidation sites excluding steroid dienone is 2. The van der Waals surface area contributed by atoms with Crippen LogP contribution in [0, 0.1) is 0 Å². The van der Waals surface area contributed by atoms with E-state index in [4.69, 9.17) is 15.5 Å². The predicted octanol–water partition coefficient (Wildman–Crippen LogP) is 0.152. The molecule has 0 aliphatic heterocycles. The maximum atomic E-state index is 10.7. The molecule has 0 bridgehead atoms. The fraction of sp³-hybridized carbons (Fsp3) is 0.286. The summed E-state index contributed by atoms with van der Waals surface area (Å²) in [6.07, 6.45) is 2.60. The summed E-state index contributed by atoms with van der Waals surface area (Å²) in [5.41, 5.74) is 4.84. The number of rotatable bonds is 5. The number of carbonyl (C=O) groups is 1. The fourth-order valence-electron chi connectivity index (χ4n) is 0.691. The van der Waals surface area contributed by atoms with Crippen LogP contribution in [-0.2, 0) is 9.36 Å². The van der Waals surface area contributed by atoms with E-state index in [1.54, 1.807) is 0 Å². The molecule has 4 N–H and O–H groups in total. The van der Waals surface area contributed by atoms with E-state index in [1.807, 2.05) is 0 Å². The molecular weight excluding hydrogens is 193 g/mol. The first-order chi connectivity index (χ1) is 5.87. The summed E-state index contributed by atoms with van der Waals surface area (Å²) in [6.45, 7) is 3.40. The first kappa shape index (κ1) is 12.1. The van der Waals surface area contributed by atoms with Gasteiger partial charge in [0.15, 0.2) is 0 Å². The Balaban J connectivity index is 4.54. The molecule has 13 heavy (non-hydrogen) atoms. The molecule has 0 radical (unpaired) electrons. The van der Waals surface area contributed by atoms with Crippen LogP contribution >= 0.6 is 7.60 Å². The Morgan fingerprint density at radius 2 is 2.08 bits per heavy atom. The summed E-state index contributed by atoms with van der Waals surface area (Å²) >= 11 is 0. The number of hydrogen-bond acceptors (Lipinski definition) is 2. The van der Waals surface area contributed by atoms with Crippen molar-refractivity contribution in [2.24, 2.45) is 5.73 Å². The summed E-state index contributed by atoms with van der Waals surface area (Å²) in [5.74, 6) is -0.815. The second kappa shape index (κ2) is 4.97. The molecule has 0 aromatic heterocycles. The lowest BCUT2D eigenvalue weighted by Crippen LogP contribution is -2.16. The zero-order valence-electron chi connectivity index (χ0n) is 7.01. The highest BCUT2D eigenvalue weighted by Crippen LogP contribution is 2.36. The van der Waals surface area contributed by atoms with Crippen molar-refractivity contribution >= 4 is 13.5 Å². The van der Waals surface area contributed by atoms with Crippen molar-refractivity contribution in [1.82, 2.24) is 0 Å². The largest absolute Gasteiger partial charge is 0.366 e. The molecule has 0 atom stereocenters. The first-order valence-corrected chi connectivity index (χ1v) is 5.31. The van der Waals surface area contributed by atoms with Gasteiger partial charge in [-0.15, -0.1) is 6.58 Å². The van der Waals surface area contributed by atoms with E-state index in [1.165, 1.54) is 12.2 Å². The second-order valence-electron chi connectivity index (χ2n) is 2.44. The van der Waals surface area contributed by atoms with Gasteiger partial charge in [0.05, 0.1) is 6.16 Å². The molecule has 0 aliphatic carbocycles. The molecule has 5 nitrogen and oxygen atoms in total. The van der Waals surface area contributed by atoms with E-state index in [0.717, 1.165) is 0 Å². The van der Waals surface area contributed by atoms with Gasteiger partial charge in [-0.1, -0.05) is 12.2 Å². The number of hydrogen-bond donors (Lipinski definition) is 3. The number of nitrogens with two attached hydrogens (primary N) is 1. The highest BCUT2D eigenvalue weighted by atomic mass is 31.2. The minimum absolute atomic E-state index is 0.0618. The zero-order chi connectivity index (χ0) is 10.5. The number of amides is 1. The third-order valence-corrected chi connectivity index (χ3v) is 1.98. The monoisotopic (exact) mass is 205 g/mol. The molecule has 0 unspecified atom stereocenters. The van der Waals surface area contributed by atoms with Crippen molar-refractivity contribution in [3.63, 3.8) is 0 Å². The average molecular weight is 205 g/mol. The number of primary amides is 1. The smallest absolute Gasteiger partial charge is 0.330 e. The van der Waals surface area contributed by atoms with Gasteiger partial charge in [-0.3, -0.25) is 9.36 Å². The van der Waals surface area contributed by atoms with Gasteiger partial charge < -0.3 is 15.5 Å². The minimum Gasteiger partial charge on any atom is -0.366 e. The lowest BCUT2D eigenvalue weighted by atomic mass is 10.2. The fourth-order valence-corrected chi connectivity index (χ4v) is 1.42. The van der Waals surface area contributed by atoms with Crippen LogP contribution in [0.1, 0.15) is 6.42 Å². The van der Waals surface area contributed by atoms with Gasteiger partial charge in [-0.05, 0) is 6.42 Å². The Kier molecular flexibility index (Phi) is 4.62. The van der Waals surface area contributed by atoms with Gasteiger partial charge in [0.25, 0.3) is 0 Å². The maximum Gasteiger partial charge on any atom is 0.330 e. The van der Waals surface area contributed by atoms with E-state index in [-0.39, 0.29) is 5.57 Å². The van der Waals surface area contributed by atoms with Gasteiger partial charge in [0.2, 0.25) is 5.91 Å². The summed E-state index contributed by atoms with van der Waals surface area (Å²) in [4.78, 5) is 27.8. The van der Waals surface area contributed by atoms with Gasteiger partial charge >= 0.3 is 7.60 Å². The van der Waals surface area contributed by atoms with E-state index < -0.39 is 19.7 Å². The van der Waals surface area contributed by atoms with Crippen LogP contribution in [0.5, 0.6) is 0 Å². The topological polar surface area (TPSA) is 101 Å². The SMILES string of the molecule is C=CCC=C(CP(=O)(O)O)C(N)=O. The normalized spacial score (nSPS) is 12.6. The third kappa shape index (κ3) is 6.28. The van der Waals surface area contributed by atoms with Crippen LogP contribution in [0.4, 0.5) is 0 Å². The Bertz CT molecular complexity index is 278. The lowest BCUT2D eigenvalue weighted by Gasteiger charge is -2.04. The molecular formula is C7H12NO4P. The Hall–Kier alpha value is -0.900. The van der Waals surface area contributed by atoms with Crippen molar-refractivity contribution in [1.29, 1.82) is 0 Å². The van der Waals surface area contributed by atoms with Gasteiger partial charge in [-0.25, -0.2) is 0 Å². The van der Waals surface area contributed by atoms with Gasteiger partial charge in [0.1, 0.15) is 0 Å². The number of carbonyl (C=O) groups excluding carboxylic acids is 1. The summed E-state index contributed by atoms with van der Waals surface area (Å²) < 4.78 is 10.5. The molecule has 1 amide bonds. The van der Waals surface area contributed by atoms with E-state index >= 15 is 0 Å². The van der Waals surface area contributed by atoms with E-state index in [9.17, 15) is 9.36 Å². The average Bonchev–Trinajstić information content (AvgIpc) is 1.95. The van der Waals surface area contributed by atoms with Crippen molar-refractivity contribution in [2.75, 3.05) is 6.16 Å². The van der Waals surface area contributed by atoms with E-state index in [0.29, 0.717) is 6.42 Å². The van der Waals surface area contributed by atoms with Crippen LogP contribution in [0.25, 0.3) is 0 Å². The molecule has 0 fully saturated rings. The standard InChI is InChI=1S/C7H12NO4P/c1-2-3-4-6(7(8)9)5-13(10,11)12/h2,4H,1,3,5H2,(H2,8,9)(H2,10,11,12). The highest BCUT2D eigenvalue weighted by Gasteiger charge is 2.18. The van der Waals surface area contributed by atoms with Crippen LogP contribution in [0.2, 0.25) is 0 Å². The molecule has 0 spiro atoms. The summed E-state index contributed by atoms with van der Waals surface area (Å²) in [5, 5.41) is 0. The molecule has 0 saturated carbocycles. The Morgan fingerprint density at radius 3 is 2.38 bits per heavy atom. The van der Waals surface area contributed by atoms with Gasteiger partial charge in [-0.2, -0.15) is 0 Å². The molecule has 0 aromatic rings. The molecule has 74 valence electrons. The van der Waals surface area contributed by atoms with Crippen LogP contribution in [-0.4, -0.2) is 21.9 Å². The molecule has 0 rings (SSSR count). The summed E-state index contributed by atoms with van der Waals surface area (Å²) in [7, 11) is -4.22. The molecule has 0 heterocycles. The maximum absolute atomic E-state index is 10.7. The third-order valence-electron chi connectivity index (χ3n) is 1.22. The van der Waals surface area contributed by atoms with Crippen LogP contribution in [0.3, 0.4) is 0 Å². The molecule has 0 aliphatic rings. The van der Waals surface area contributed by atoms with Crippen LogP contribution in [0.15, 0.2) is 24.3 Å². The van der Waals surface area contributed by atoms with Crippen molar-refractivity contribution in [2.45, 2.75) is 6.42 Å². The predicted molar refractivity (Wildman–Crippen MR) is 49.0 cm³/mol. The molecule has 0 aromatic carbocycles. The quantitative estimate of drug-likeness (QED) is 0.338. The van der Waals surface area contributed by atoms with Crippen LogP contribution < -0.4 is 5.73 Å². The molecule has 0 saturated heterocycles. The molecule has 6 heteroatoms. The first-order valence-electron chi connectivity index (χ1n) is 3.51. The zero-order valence-corrected chi connectivity index (χ0v) is 7.91. The Labute approximate surface area is 76.1 Å². The van der Waals surface area contributed by atoms with Crippen molar-refractivity contribution in [3.05, 3.63) is 24.3 Å². The summed E-state index contributed by atoms with van der Waals surface area (Å²) in [6, 6.07) is 0. The van der Waals surface area contributed by atoms with E-state index in [2.05, 4.69) is 6.58 Å².